The fraction of sp³-hybridized carbons (Fsp3) is 0.562. The third kappa shape index (κ3) is 6.93. The number of hydrogen-bond acceptors (Lipinski definition) is 4. The second-order valence-electron chi connectivity index (χ2n) is 12.1. The van der Waals surface area contributed by atoms with Crippen molar-refractivity contribution in [3.63, 3.8) is 0 Å². The Morgan fingerprint density at radius 1 is 0.953 bits per heavy atom. The first-order valence-electron chi connectivity index (χ1n) is 15.0. The molecule has 236 valence electrons. The Labute approximate surface area is 250 Å². The van der Waals surface area contributed by atoms with E-state index >= 15 is 0 Å². The van der Waals surface area contributed by atoms with E-state index in [9.17, 15) is 31.0 Å². The van der Waals surface area contributed by atoms with Crippen LogP contribution in [0.4, 0.5) is 22.0 Å². The lowest BCUT2D eigenvalue weighted by molar-refractivity contribution is -0.284. The zero-order valence-electron chi connectivity index (χ0n) is 24.1. The first kappa shape index (κ1) is 31.9. The highest BCUT2D eigenvalue weighted by molar-refractivity contribution is 8.02. The maximum absolute atomic E-state index is 14.6. The summed E-state index contributed by atoms with van der Waals surface area (Å²) in [5.41, 5.74) is 1.85. The van der Waals surface area contributed by atoms with Gasteiger partial charge in [0.25, 0.3) is 0 Å². The number of amides is 1. The number of alkyl halides is 5. The number of rotatable bonds is 10. The molecule has 2 aromatic carbocycles. The van der Waals surface area contributed by atoms with Crippen molar-refractivity contribution in [2.75, 3.05) is 26.2 Å². The van der Waals surface area contributed by atoms with E-state index in [1.807, 2.05) is 0 Å². The van der Waals surface area contributed by atoms with Gasteiger partial charge in [0.05, 0.1) is 6.10 Å². The minimum atomic E-state index is -5.57. The molecule has 0 spiro atoms. The molecule has 43 heavy (non-hydrogen) atoms. The second-order valence-corrected chi connectivity index (χ2v) is 14.7. The van der Waals surface area contributed by atoms with Crippen molar-refractivity contribution < 1.29 is 35.7 Å². The molecule has 2 saturated heterocycles. The topological polar surface area (TPSA) is 58.6 Å². The van der Waals surface area contributed by atoms with Gasteiger partial charge in [-0.05, 0) is 86.1 Å². The normalized spacial score (nSPS) is 23.0. The number of ether oxygens (including phenoxy) is 1. The molecule has 5 nitrogen and oxygen atoms in total. The predicted octanol–water partition coefficient (Wildman–Crippen LogP) is 6.24. The van der Waals surface area contributed by atoms with Crippen molar-refractivity contribution in [3.05, 3.63) is 54.1 Å². The number of carbonyl (C=O) groups excluding carboxylic acids is 1. The van der Waals surface area contributed by atoms with Crippen LogP contribution in [0.15, 0.2) is 53.4 Å². The van der Waals surface area contributed by atoms with Crippen LogP contribution in [-0.4, -0.2) is 76.1 Å². The van der Waals surface area contributed by atoms with Gasteiger partial charge in [0.1, 0.15) is 4.75 Å². The van der Waals surface area contributed by atoms with E-state index in [0.29, 0.717) is 55.6 Å². The van der Waals surface area contributed by atoms with E-state index < -0.39 is 39.2 Å². The zero-order valence-corrected chi connectivity index (χ0v) is 25.0. The van der Waals surface area contributed by atoms with Crippen molar-refractivity contribution in [2.24, 2.45) is 0 Å². The van der Waals surface area contributed by atoms with Crippen LogP contribution in [0.1, 0.15) is 56.9 Å². The van der Waals surface area contributed by atoms with Crippen LogP contribution in [0.3, 0.4) is 0 Å². The lowest BCUT2D eigenvalue weighted by Crippen LogP contribution is -2.59. The van der Waals surface area contributed by atoms with E-state index in [4.69, 9.17) is 4.74 Å². The van der Waals surface area contributed by atoms with Crippen LogP contribution in [0.5, 0.6) is 0 Å². The second kappa shape index (κ2) is 12.5. The summed E-state index contributed by atoms with van der Waals surface area (Å²) in [5.74, 6) is -0.799. The number of benzene rings is 2. The van der Waals surface area contributed by atoms with Crippen molar-refractivity contribution >= 4 is 21.3 Å². The number of likely N-dealkylation sites (tertiary alicyclic amines) is 1. The third-order valence-corrected chi connectivity index (χ3v) is 12.0. The lowest BCUT2D eigenvalue weighted by Gasteiger charge is -2.43. The first-order chi connectivity index (χ1) is 20.3. The van der Waals surface area contributed by atoms with Crippen LogP contribution in [0.25, 0.3) is 11.1 Å². The highest BCUT2D eigenvalue weighted by Gasteiger charge is 2.56. The molecule has 0 bridgehead atoms. The summed E-state index contributed by atoms with van der Waals surface area (Å²) in [6.45, 7) is 2.43. The SMILES string of the molecule is C=S(=O)(c1ccc(-c2ccc(CCC(F)(F)C(F)(F)F)cc2)cc1)C1(C(=O)NCC2CCCCO2)CCN(C2CC2)CC1. The molecule has 2 heterocycles. The quantitative estimate of drug-likeness (QED) is 0.251. The molecule has 2 atom stereocenters. The number of carbonyl (C=O) groups is 1. The Morgan fingerprint density at radius 2 is 1.56 bits per heavy atom. The minimum absolute atomic E-state index is 0.0472. The van der Waals surface area contributed by atoms with Crippen LogP contribution in [-0.2, 0) is 25.5 Å². The lowest BCUT2D eigenvalue weighted by atomic mass is 9.94. The Kier molecular flexibility index (Phi) is 9.26. The molecule has 2 unspecified atom stereocenters. The van der Waals surface area contributed by atoms with E-state index in [-0.39, 0.29) is 12.0 Å². The molecular formula is C32H39F5N2O3S. The van der Waals surface area contributed by atoms with Crippen LogP contribution in [0.2, 0.25) is 0 Å². The van der Waals surface area contributed by atoms with Crippen LogP contribution < -0.4 is 5.32 Å². The molecule has 11 heteroatoms. The summed E-state index contributed by atoms with van der Waals surface area (Å²) in [7, 11) is -3.09. The van der Waals surface area contributed by atoms with Gasteiger partial charge >= 0.3 is 12.1 Å². The largest absolute Gasteiger partial charge is 0.453 e. The van der Waals surface area contributed by atoms with Gasteiger partial charge in [-0.25, -0.2) is 0 Å². The summed E-state index contributed by atoms with van der Waals surface area (Å²) in [4.78, 5) is 16.7. The summed E-state index contributed by atoms with van der Waals surface area (Å²) >= 11 is 0. The maximum Gasteiger partial charge on any atom is 0.453 e. The highest BCUT2D eigenvalue weighted by atomic mass is 32.2. The summed E-state index contributed by atoms with van der Waals surface area (Å²) in [5, 5.41) is 3.06. The molecule has 5 rings (SSSR count). The average Bonchev–Trinajstić information content (AvgIpc) is 3.85. The standard InChI is InChI=1S/C32H39F5N2O3S/c1-43(41,30(17-19-39(20-18-30)26-11-12-26)29(40)38-22-27-4-2-3-21-42-27)28-13-9-25(10-14-28)24-7-5-23(6-8-24)15-16-31(33,34)32(35,36)37/h5-10,13-14,26-27H,1-4,11-12,15-22H2,(H,38,40). The molecule has 2 aromatic rings. The molecule has 2 aliphatic heterocycles. The molecule has 0 radical (unpaired) electrons. The Morgan fingerprint density at radius 3 is 2.09 bits per heavy atom. The molecule has 1 saturated carbocycles. The van der Waals surface area contributed by atoms with Gasteiger partial charge in [-0.3, -0.25) is 9.00 Å². The molecule has 1 amide bonds. The van der Waals surface area contributed by atoms with Gasteiger partial charge in [0, 0.05) is 53.1 Å². The molecule has 1 N–H and O–H groups in total. The van der Waals surface area contributed by atoms with Crippen LogP contribution in [0, 0.1) is 0 Å². The van der Waals surface area contributed by atoms with Crippen molar-refractivity contribution in [2.45, 2.75) is 91.7 Å². The molecule has 0 aromatic heterocycles. The third-order valence-electron chi connectivity index (χ3n) is 9.14. The fourth-order valence-corrected chi connectivity index (χ4v) is 8.37. The van der Waals surface area contributed by atoms with Gasteiger partial charge in [-0.1, -0.05) is 36.4 Å². The molecule has 1 aliphatic carbocycles. The first-order valence-corrected chi connectivity index (χ1v) is 16.7. The van der Waals surface area contributed by atoms with E-state index in [1.165, 1.54) is 12.1 Å². The smallest absolute Gasteiger partial charge is 0.376 e. The monoisotopic (exact) mass is 626 g/mol. The van der Waals surface area contributed by atoms with Crippen LogP contribution >= 0.6 is 0 Å². The molecule has 3 fully saturated rings. The van der Waals surface area contributed by atoms with Crippen molar-refractivity contribution in [1.82, 2.24) is 10.2 Å². The number of hydrogen-bond donors (Lipinski definition) is 1. The van der Waals surface area contributed by atoms with Gasteiger partial charge in [0.15, 0.2) is 0 Å². The number of nitrogens with zero attached hydrogens (tertiary/aromatic N) is 1. The number of nitrogens with one attached hydrogen (secondary N) is 1. The Balaban J connectivity index is 1.30. The van der Waals surface area contributed by atoms with Crippen molar-refractivity contribution in [1.29, 1.82) is 0 Å². The number of halogens is 5. The van der Waals surface area contributed by atoms with E-state index in [2.05, 4.69) is 16.1 Å². The van der Waals surface area contributed by atoms with Crippen molar-refractivity contribution in [3.8, 4) is 11.1 Å². The van der Waals surface area contributed by atoms with E-state index in [1.54, 1.807) is 36.4 Å². The Bertz CT molecular complexity index is 1360. The average molecular weight is 627 g/mol. The maximum atomic E-state index is 14.6. The minimum Gasteiger partial charge on any atom is -0.376 e. The highest BCUT2D eigenvalue weighted by Crippen LogP contribution is 2.41. The summed E-state index contributed by atoms with van der Waals surface area (Å²) in [6, 6.07) is 13.9. The Hall–Kier alpha value is -2.50. The van der Waals surface area contributed by atoms with Gasteiger partial charge in [0.2, 0.25) is 5.91 Å². The van der Waals surface area contributed by atoms with Gasteiger partial charge in [-0.15, -0.1) is 0 Å². The molecular weight excluding hydrogens is 587 g/mol. The zero-order chi connectivity index (χ0) is 30.9. The number of aryl methyl sites for hydroxylation is 1. The summed E-state index contributed by atoms with van der Waals surface area (Å²) in [6.07, 6.45) is -1.21. The van der Waals surface area contributed by atoms with E-state index in [0.717, 1.165) is 43.2 Å². The predicted molar refractivity (Wildman–Crippen MR) is 158 cm³/mol. The fourth-order valence-electron chi connectivity index (χ4n) is 6.13. The van der Waals surface area contributed by atoms with Gasteiger partial charge < -0.3 is 15.0 Å². The summed E-state index contributed by atoms with van der Waals surface area (Å²) < 4.78 is 83.3. The number of piperidine rings is 1. The van der Waals surface area contributed by atoms with Gasteiger partial charge in [-0.2, -0.15) is 22.0 Å². The molecule has 3 aliphatic rings.